The quantitative estimate of drug-likeness (QED) is 0.781. The van der Waals surface area contributed by atoms with Gasteiger partial charge in [-0.25, -0.2) is 15.0 Å². The van der Waals surface area contributed by atoms with Crippen molar-refractivity contribution in [3.63, 3.8) is 0 Å². The number of aromatic amines is 1. The molecule has 0 amide bonds. The number of ether oxygens (including phenoxy) is 1. The Balaban J connectivity index is 1.98. The SMILES string of the molecule is CNCC1COCCN1c1ncnc2nc[nH]c12. The van der Waals surface area contributed by atoms with Crippen LogP contribution in [0.25, 0.3) is 11.2 Å². The molecule has 0 radical (unpaired) electrons. The molecule has 0 aliphatic carbocycles. The molecule has 1 atom stereocenters. The maximum atomic E-state index is 5.53. The maximum absolute atomic E-state index is 5.53. The minimum absolute atomic E-state index is 0.283. The summed E-state index contributed by atoms with van der Waals surface area (Å²) in [5.74, 6) is 0.904. The number of imidazole rings is 1. The van der Waals surface area contributed by atoms with Crippen molar-refractivity contribution in [3.05, 3.63) is 12.7 Å². The molecule has 1 aliphatic heterocycles. The van der Waals surface area contributed by atoms with E-state index in [1.165, 1.54) is 0 Å². The number of hydrogen-bond acceptors (Lipinski definition) is 6. The molecule has 0 saturated carbocycles. The molecule has 3 heterocycles. The molecular formula is C11H16N6O. The summed E-state index contributed by atoms with van der Waals surface area (Å²) in [6.07, 6.45) is 3.21. The van der Waals surface area contributed by atoms with Crippen LogP contribution in [0.1, 0.15) is 0 Å². The van der Waals surface area contributed by atoms with Crippen molar-refractivity contribution in [3.8, 4) is 0 Å². The van der Waals surface area contributed by atoms with Gasteiger partial charge in [0.25, 0.3) is 0 Å². The van der Waals surface area contributed by atoms with E-state index in [0.29, 0.717) is 12.3 Å². The number of aromatic nitrogens is 4. The van der Waals surface area contributed by atoms with E-state index in [2.05, 4.69) is 30.2 Å². The van der Waals surface area contributed by atoms with Crippen LogP contribution in [0.15, 0.2) is 12.7 Å². The van der Waals surface area contributed by atoms with E-state index >= 15 is 0 Å². The fourth-order valence-electron chi connectivity index (χ4n) is 2.31. The zero-order chi connectivity index (χ0) is 12.4. The Labute approximate surface area is 105 Å². The lowest BCUT2D eigenvalue weighted by molar-refractivity contribution is 0.0940. The highest BCUT2D eigenvalue weighted by Crippen LogP contribution is 2.23. The van der Waals surface area contributed by atoms with Crippen LogP contribution in [-0.2, 0) is 4.74 Å². The highest BCUT2D eigenvalue weighted by molar-refractivity contribution is 5.82. The van der Waals surface area contributed by atoms with E-state index in [1.54, 1.807) is 12.7 Å². The summed E-state index contributed by atoms with van der Waals surface area (Å²) in [5.41, 5.74) is 1.59. The molecule has 2 aromatic rings. The molecule has 1 unspecified atom stereocenters. The van der Waals surface area contributed by atoms with Crippen LogP contribution < -0.4 is 10.2 Å². The molecule has 2 N–H and O–H groups in total. The average molecular weight is 248 g/mol. The fraction of sp³-hybridized carbons (Fsp3) is 0.545. The van der Waals surface area contributed by atoms with Gasteiger partial charge in [-0.1, -0.05) is 0 Å². The van der Waals surface area contributed by atoms with Gasteiger partial charge in [-0.05, 0) is 7.05 Å². The van der Waals surface area contributed by atoms with Gasteiger partial charge in [0.1, 0.15) is 11.8 Å². The van der Waals surface area contributed by atoms with E-state index in [9.17, 15) is 0 Å². The van der Waals surface area contributed by atoms with Crippen molar-refractivity contribution in [2.24, 2.45) is 0 Å². The second kappa shape index (κ2) is 4.87. The number of likely N-dealkylation sites (N-methyl/N-ethyl adjacent to an activating group) is 1. The van der Waals surface area contributed by atoms with Gasteiger partial charge in [-0.2, -0.15) is 0 Å². The van der Waals surface area contributed by atoms with Gasteiger partial charge >= 0.3 is 0 Å². The molecule has 0 bridgehead atoms. The van der Waals surface area contributed by atoms with Crippen LogP contribution in [0.3, 0.4) is 0 Å². The Morgan fingerprint density at radius 3 is 3.33 bits per heavy atom. The van der Waals surface area contributed by atoms with Gasteiger partial charge < -0.3 is 19.9 Å². The number of H-pyrrole nitrogens is 1. The lowest BCUT2D eigenvalue weighted by Crippen LogP contribution is -2.50. The summed E-state index contributed by atoms with van der Waals surface area (Å²) in [7, 11) is 1.94. The highest BCUT2D eigenvalue weighted by Gasteiger charge is 2.25. The average Bonchev–Trinajstić information content (AvgIpc) is 2.88. The Kier molecular flexibility index (Phi) is 3.07. The third kappa shape index (κ3) is 1.91. The Morgan fingerprint density at radius 1 is 1.50 bits per heavy atom. The number of fused-ring (bicyclic) bond motifs is 1. The first-order valence-corrected chi connectivity index (χ1v) is 6.03. The maximum Gasteiger partial charge on any atom is 0.182 e. The second-order valence-corrected chi connectivity index (χ2v) is 4.28. The summed E-state index contributed by atoms with van der Waals surface area (Å²) in [4.78, 5) is 18.1. The zero-order valence-corrected chi connectivity index (χ0v) is 10.3. The van der Waals surface area contributed by atoms with Crippen LogP contribution in [0.2, 0.25) is 0 Å². The number of nitrogens with one attached hydrogen (secondary N) is 2. The number of rotatable bonds is 3. The molecular weight excluding hydrogens is 232 g/mol. The largest absolute Gasteiger partial charge is 0.377 e. The number of hydrogen-bond donors (Lipinski definition) is 2. The Bertz CT molecular complexity index is 525. The summed E-state index contributed by atoms with van der Waals surface area (Å²) < 4.78 is 5.53. The minimum atomic E-state index is 0.283. The molecule has 18 heavy (non-hydrogen) atoms. The third-order valence-corrected chi connectivity index (χ3v) is 3.14. The topological polar surface area (TPSA) is 79.0 Å². The molecule has 96 valence electrons. The van der Waals surface area contributed by atoms with Crippen LogP contribution >= 0.6 is 0 Å². The van der Waals surface area contributed by atoms with E-state index in [-0.39, 0.29) is 6.04 Å². The summed E-state index contributed by atoms with van der Waals surface area (Å²) >= 11 is 0. The predicted octanol–water partition coefficient (Wildman–Crippen LogP) is -0.222. The van der Waals surface area contributed by atoms with Crippen molar-refractivity contribution in [1.29, 1.82) is 0 Å². The lowest BCUT2D eigenvalue weighted by atomic mass is 10.2. The Hall–Kier alpha value is -1.73. The monoisotopic (exact) mass is 248 g/mol. The van der Waals surface area contributed by atoms with Crippen LogP contribution in [-0.4, -0.2) is 59.3 Å². The predicted molar refractivity (Wildman–Crippen MR) is 67.6 cm³/mol. The molecule has 0 spiro atoms. The smallest absolute Gasteiger partial charge is 0.182 e. The van der Waals surface area contributed by atoms with E-state index in [1.807, 2.05) is 7.05 Å². The van der Waals surface area contributed by atoms with Crippen molar-refractivity contribution in [1.82, 2.24) is 25.3 Å². The van der Waals surface area contributed by atoms with Gasteiger partial charge in [-0.15, -0.1) is 0 Å². The van der Waals surface area contributed by atoms with Crippen LogP contribution in [0, 0.1) is 0 Å². The van der Waals surface area contributed by atoms with E-state index < -0.39 is 0 Å². The van der Waals surface area contributed by atoms with Crippen molar-refractivity contribution in [2.75, 3.05) is 38.3 Å². The van der Waals surface area contributed by atoms with E-state index in [0.717, 1.165) is 31.0 Å². The minimum Gasteiger partial charge on any atom is -0.377 e. The number of nitrogens with zero attached hydrogens (tertiary/aromatic N) is 4. The van der Waals surface area contributed by atoms with Crippen LogP contribution in [0.4, 0.5) is 5.82 Å². The second-order valence-electron chi connectivity index (χ2n) is 4.28. The van der Waals surface area contributed by atoms with Crippen molar-refractivity contribution in [2.45, 2.75) is 6.04 Å². The van der Waals surface area contributed by atoms with Crippen molar-refractivity contribution < 1.29 is 4.74 Å². The number of morpholine rings is 1. The normalized spacial score (nSPS) is 20.5. The van der Waals surface area contributed by atoms with Gasteiger partial charge in [0, 0.05) is 13.1 Å². The third-order valence-electron chi connectivity index (χ3n) is 3.14. The first kappa shape index (κ1) is 11.4. The molecule has 7 heteroatoms. The summed E-state index contributed by atoms with van der Waals surface area (Å²) in [5, 5.41) is 3.19. The lowest BCUT2D eigenvalue weighted by Gasteiger charge is -2.36. The molecule has 1 saturated heterocycles. The van der Waals surface area contributed by atoms with Gasteiger partial charge in [-0.3, -0.25) is 0 Å². The van der Waals surface area contributed by atoms with Crippen LogP contribution in [0.5, 0.6) is 0 Å². The standard InChI is InChI=1S/C11H16N6O/c1-12-4-8-5-18-3-2-17(8)11-9-10(14-6-13-9)15-7-16-11/h6-8,12H,2-5H2,1H3,(H,13,14,15,16). The highest BCUT2D eigenvalue weighted by atomic mass is 16.5. The molecule has 2 aromatic heterocycles. The van der Waals surface area contributed by atoms with Gasteiger partial charge in [0.2, 0.25) is 0 Å². The molecule has 7 nitrogen and oxygen atoms in total. The number of anilines is 1. The van der Waals surface area contributed by atoms with Gasteiger partial charge in [0.15, 0.2) is 11.5 Å². The molecule has 3 rings (SSSR count). The molecule has 0 aromatic carbocycles. The summed E-state index contributed by atoms with van der Waals surface area (Å²) in [6, 6.07) is 0.283. The zero-order valence-electron chi connectivity index (χ0n) is 10.3. The Morgan fingerprint density at radius 2 is 2.44 bits per heavy atom. The first-order chi connectivity index (χ1) is 8.90. The fourth-order valence-corrected chi connectivity index (χ4v) is 2.31. The summed E-state index contributed by atoms with van der Waals surface area (Å²) in [6.45, 7) is 3.12. The first-order valence-electron chi connectivity index (χ1n) is 6.03. The van der Waals surface area contributed by atoms with E-state index in [4.69, 9.17) is 4.74 Å². The molecule has 1 aliphatic rings. The van der Waals surface area contributed by atoms with Gasteiger partial charge in [0.05, 0.1) is 25.6 Å². The van der Waals surface area contributed by atoms with Crippen molar-refractivity contribution >= 4 is 17.0 Å². The molecule has 1 fully saturated rings.